The van der Waals surface area contributed by atoms with Crippen LogP contribution in [-0.4, -0.2) is 33.0 Å². The summed E-state index contributed by atoms with van der Waals surface area (Å²) in [5.74, 6) is 0.875. The van der Waals surface area contributed by atoms with Crippen molar-refractivity contribution in [2.75, 3.05) is 21.3 Å². The third-order valence-electron chi connectivity index (χ3n) is 3.51. The molecule has 120 valence electrons. The summed E-state index contributed by atoms with van der Waals surface area (Å²) in [7, 11) is 4.66. The Labute approximate surface area is 135 Å². The number of rotatable bonds is 6. The summed E-state index contributed by atoms with van der Waals surface area (Å²) in [6.45, 7) is 0. The zero-order chi connectivity index (χ0) is 16.8. The van der Waals surface area contributed by atoms with E-state index in [9.17, 15) is 9.59 Å². The zero-order valence-corrected chi connectivity index (χ0v) is 13.4. The highest BCUT2D eigenvalue weighted by Crippen LogP contribution is 2.26. The van der Waals surface area contributed by atoms with Gasteiger partial charge in [0, 0.05) is 18.7 Å². The van der Waals surface area contributed by atoms with E-state index in [-0.39, 0.29) is 18.1 Å². The van der Waals surface area contributed by atoms with Gasteiger partial charge < -0.3 is 14.8 Å². The number of amides is 1. The molecule has 0 heterocycles. The number of carbonyl (C=O) groups is 2. The molecule has 0 fully saturated rings. The van der Waals surface area contributed by atoms with Crippen molar-refractivity contribution >= 4 is 11.7 Å². The van der Waals surface area contributed by atoms with E-state index in [4.69, 9.17) is 9.47 Å². The molecule has 0 atom stereocenters. The maximum Gasteiger partial charge on any atom is 0.224 e. The molecule has 0 aliphatic rings. The Hall–Kier alpha value is -2.82. The minimum Gasteiger partial charge on any atom is -0.497 e. The molecule has 0 saturated carbocycles. The Morgan fingerprint density at radius 2 is 1.70 bits per heavy atom. The Bertz CT molecular complexity index is 707. The lowest BCUT2D eigenvalue weighted by atomic mass is 10.00. The van der Waals surface area contributed by atoms with Gasteiger partial charge in [0.15, 0.2) is 5.78 Å². The fraction of sp³-hybridized carbons (Fsp3) is 0.222. The molecule has 2 aromatic carbocycles. The Morgan fingerprint density at radius 1 is 1.00 bits per heavy atom. The second-order valence-electron chi connectivity index (χ2n) is 4.94. The van der Waals surface area contributed by atoms with E-state index in [2.05, 4.69) is 5.32 Å². The number of nitrogens with one attached hydrogen (secondary N) is 1. The molecule has 0 unspecified atom stereocenters. The van der Waals surface area contributed by atoms with Crippen LogP contribution in [0.5, 0.6) is 11.5 Å². The smallest absolute Gasteiger partial charge is 0.224 e. The number of methoxy groups -OCH3 is 2. The molecule has 1 N–H and O–H groups in total. The number of benzene rings is 2. The number of hydrogen-bond donors (Lipinski definition) is 1. The number of likely N-dealkylation sites (N-methyl/N-ethyl adjacent to an activating group) is 1. The molecule has 2 rings (SSSR count). The van der Waals surface area contributed by atoms with E-state index in [1.54, 1.807) is 56.6 Å². The normalized spacial score (nSPS) is 10.0. The standard InChI is InChI=1S/C18H19NO4/c1-19-17(20)10-12-4-6-13(7-5-12)18(21)15-9-8-14(22-2)11-16(15)23-3/h4-9,11H,10H2,1-3H3,(H,19,20). The van der Waals surface area contributed by atoms with E-state index >= 15 is 0 Å². The van der Waals surface area contributed by atoms with Crippen LogP contribution in [0.2, 0.25) is 0 Å². The SMILES string of the molecule is CNC(=O)Cc1ccc(C(=O)c2ccc(OC)cc2OC)cc1. The molecule has 5 nitrogen and oxygen atoms in total. The van der Waals surface area contributed by atoms with Crippen LogP contribution in [0.1, 0.15) is 21.5 Å². The first-order valence-corrected chi connectivity index (χ1v) is 7.15. The van der Waals surface area contributed by atoms with Crippen LogP contribution < -0.4 is 14.8 Å². The fourth-order valence-corrected chi connectivity index (χ4v) is 2.19. The average Bonchev–Trinajstić information content (AvgIpc) is 2.61. The molecular weight excluding hydrogens is 294 g/mol. The van der Waals surface area contributed by atoms with Gasteiger partial charge in [-0.25, -0.2) is 0 Å². The van der Waals surface area contributed by atoms with Crippen molar-refractivity contribution in [1.29, 1.82) is 0 Å². The molecule has 0 aliphatic heterocycles. The summed E-state index contributed by atoms with van der Waals surface area (Å²) < 4.78 is 10.4. The van der Waals surface area contributed by atoms with Crippen LogP contribution >= 0.6 is 0 Å². The maximum atomic E-state index is 12.6. The van der Waals surface area contributed by atoms with Gasteiger partial charge in [-0.2, -0.15) is 0 Å². The molecular formula is C18H19NO4. The zero-order valence-electron chi connectivity index (χ0n) is 13.4. The Balaban J connectivity index is 2.25. The summed E-state index contributed by atoms with van der Waals surface area (Å²) in [6, 6.07) is 12.0. The monoisotopic (exact) mass is 313 g/mol. The first-order valence-electron chi connectivity index (χ1n) is 7.15. The van der Waals surface area contributed by atoms with E-state index < -0.39 is 0 Å². The molecule has 2 aromatic rings. The van der Waals surface area contributed by atoms with Crippen molar-refractivity contribution in [1.82, 2.24) is 5.32 Å². The van der Waals surface area contributed by atoms with Crippen molar-refractivity contribution in [3.8, 4) is 11.5 Å². The summed E-state index contributed by atoms with van der Waals surface area (Å²) in [5.41, 5.74) is 1.85. The van der Waals surface area contributed by atoms with Crippen molar-refractivity contribution in [2.45, 2.75) is 6.42 Å². The van der Waals surface area contributed by atoms with Crippen LogP contribution in [0, 0.1) is 0 Å². The third-order valence-corrected chi connectivity index (χ3v) is 3.51. The molecule has 0 radical (unpaired) electrons. The summed E-state index contributed by atoms with van der Waals surface area (Å²) in [6.07, 6.45) is 0.289. The first-order chi connectivity index (χ1) is 11.1. The van der Waals surface area contributed by atoms with Crippen LogP contribution in [0.3, 0.4) is 0 Å². The summed E-state index contributed by atoms with van der Waals surface area (Å²) >= 11 is 0. The average molecular weight is 313 g/mol. The van der Waals surface area contributed by atoms with Gasteiger partial charge in [0.2, 0.25) is 5.91 Å². The van der Waals surface area contributed by atoms with Crippen LogP contribution in [0.15, 0.2) is 42.5 Å². The first kappa shape index (κ1) is 16.5. The van der Waals surface area contributed by atoms with Gasteiger partial charge in [-0.15, -0.1) is 0 Å². The van der Waals surface area contributed by atoms with Crippen molar-refractivity contribution in [2.24, 2.45) is 0 Å². The van der Waals surface area contributed by atoms with Gasteiger partial charge in [-0.1, -0.05) is 24.3 Å². The van der Waals surface area contributed by atoms with Crippen LogP contribution in [0.25, 0.3) is 0 Å². The largest absolute Gasteiger partial charge is 0.497 e. The van der Waals surface area contributed by atoms with Gasteiger partial charge in [-0.3, -0.25) is 9.59 Å². The van der Waals surface area contributed by atoms with Gasteiger partial charge in [0.05, 0.1) is 26.2 Å². The third kappa shape index (κ3) is 3.88. The maximum absolute atomic E-state index is 12.6. The molecule has 5 heteroatoms. The van der Waals surface area contributed by atoms with Crippen LogP contribution in [0.4, 0.5) is 0 Å². The van der Waals surface area contributed by atoms with E-state index in [0.717, 1.165) is 5.56 Å². The number of ether oxygens (including phenoxy) is 2. The van der Waals surface area contributed by atoms with Crippen LogP contribution in [-0.2, 0) is 11.2 Å². The van der Waals surface area contributed by atoms with Crippen molar-refractivity contribution < 1.29 is 19.1 Å². The topological polar surface area (TPSA) is 64.6 Å². The van der Waals surface area contributed by atoms with Gasteiger partial charge in [0.1, 0.15) is 11.5 Å². The van der Waals surface area contributed by atoms with Crippen molar-refractivity contribution in [3.63, 3.8) is 0 Å². The molecule has 0 aliphatic carbocycles. The number of ketones is 1. The van der Waals surface area contributed by atoms with E-state index in [0.29, 0.717) is 22.6 Å². The quantitative estimate of drug-likeness (QED) is 0.831. The van der Waals surface area contributed by atoms with Gasteiger partial charge in [-0.05, 0) is 17.7 Å². The second kappa shape index (κ2) is 7.45. The molecule has 23 heavy (non-hydrogen) atoms. The van der Waals surface area contributed by atoms with E-state index in [1.807, 2.05) is 0 Å². The minimum atomic E-state index is -0.143. The van der Waals surface area contributed by atoms with Crippen molar-refractivity contribution in [3.05, 3.63) is 59.2 Å². The lowest BCUT2D eigenvalue weighted by Crippen LogP contribution is -2.19. The summed E-state index contributed by atoms with van der Waals surface area (Å²) in [4.78, 5) is 24.0. The second-order valence-corrected chi connectivity index (χ2v) is 4.94. The molecule has 0 spiro atoms. The highest BCUT2D eigenvalue weighted by atomic mass is 16.5. The molecule has 1 amide bonds. The molecule has 0 bridgehead atoms. The molecule has 0 saturated heterocycles. The number of carbonyl (C=O) groups excluding carboxylic acids is 2. The predicted octanol–water partition coefficient (Wildman–Crippen LogP) is 2.22. The van der Waals surface area contributed by atoms with Gasteiger partial charge in [0.25, 0.3) is 0 Å². The number of hydrogen-bond acceptors (Lipinski definition) is 4. The Morgan fingerprint density at radius 3 is 2.26 bits per heavy atom. The summed E-state index contributed by atoms with van der Waals surface area (Å²) in [5, 5.41) is 2.57. The Kier molecular flexibility index (Phi) is 5.36. The molecule has 0 aromatic heterocycles. The predicted molar refractivity (Wildman–Crippen MR) is 87.2 cm³/mol. The lowest BCUT2D eigenvalue weighted by molar-refractivity contribution is -0.119. The van der Waals surface area contributed by atoms with Gasteiger partial charge >= 0.3 is 0 Å². The highest BCUT2D eigenvalue weighted by Gasteiger charge is 2.15. The lowest BCUT2D eigenvalue weighted by Gasteiger charge is -2.10. The fourth-order valence-electron chi connectivity index (χ4n) is 2.19. The highest BCUT2D eigenvalue weighted by molar-refractivity contribution is 6.10. The van der Waals surface area contributed by atoms with E-state index in [1.165, 1.54) is 7.11 Å². The minimum absolute atomic E-state index is 0.0686.